The second-order valence-electron chi connectivity index (χ2n) is 4.30. The topological polar surface area (TPSA) is 20.3 Å². The molecule has 0 heterocycles. The van der Waals surface area contributed by atoms with Crippen molar-refractivity contribution in [1.29, 1.82) is 0 Å². The first kappa shape index (κ1) is 15.2. The summed E-state index contributed by atoms with van der Waals surface area (Å²) >= 11 is 3.35. The van der Waals surface area contributed by atoms with Crippen LogP contribution in [0.5, 0.6) is 0 Å². The molecule has 18 heavy (non-hydrogen) atoms. The summed E-state index contributed by atoms with van der Waals surface area (Å²) in [5, 5.41) is 0.753. The van der Waals surface area contributed by atoms with Crippen molar-refractivity contribution in [2.75, 3.05) is 18.4 Å². The maximum atomic E-state index is 13.2. The van der Waals surface area contributed by atoms with Gasteiger partial charge in [-0.25, -0.2) is 4.39 Å². The van der Waals surface area contributed by atoms with Crippen molar-refractivity contribution >= 4 is 21.8 Å². The molecule has 1 rings (SSSR count). The van der Waals surface area contributed by atoms with Crippen molar-refractivity contribution in [3.8, 4) is 0 Å². The smallest absolute Gasteiger partial charge is 0.253 e. The number of halogens is 2. The number of carbonyl (C=O) groups excluding carboxylic acids is 1. The molecule has 0 fully saturated rings. The minimum absolute atomic E-state index is 0.0222. The van der Waals surface area contributed by atoms with E-state index in [1.54, 1.807) is 19.1 Å². The fourth-order valence-electron chi connectivity index (χ4n) is 1.73. The lowest BCUT2D eigenvalue weighted by atomic mass is 10.1. The molecule has 0 aliphatic rings. The molecule has 0 bridgehead atoms. The molecule has 100 valence electrons. The SMILES string of the molecule is CCCCN(CCBr)C(=O)c1ccc(F)c(C)c1. The number of nitrogens with zero attached hydrogens (tertiary/aromatic N) is 1. The van der Waals surface area contributed by atoms with Crippen LogP contribution >= 0.6 is 15.9 Å². The molecule has 0 aromatic heterocycles. The van der Waals surface area contributed by atoms with E-state index in [0.717, 1.165) is 24.7 Å². The van der Waals surface area contributed by atoms with E-state index in [9.17, 15) is 9.18 Å². The number of unbranched alkanes of at least 4 members (excludes halogenated alkanes) is 1. The molecule has 0 saturated carbocycles. The van der Waals surface area contributed by atoms with Crippen LogP contribution < -0.4 is 0 Å². The van der Waals surface area contributed by atoms with Gasteiger partial charge in [-0.2, -0.15) is 0 Å². The minimum atomic E-state index is -0.271. The van der Waals surface area contributed by atoms with E-state index in [4.69, 9.17) is 0 Å². The van der Waals surface area contributed by atoms with Gasteiger partial charge in [0.05, 0.1) is 0 Å². The normalized spacial score (nSPS) is 10.4. The first-order chi connectivity index (χ1) is 8.60. The van der Waals surface area contributed by atoms with Gasteiger partial charge in [0, 0.05) is 24.0 Å². The summed E-state index contributed by atoms with van der Waals surface area (Å²) in [4.78, 5) is 14.1. The summed E-state index contributed by atoms with van der Waals surface area (Å²) in [6.45, 7) is 5.19. The maximum absolute atomic E-state index is 13.2. The fourth-order valence-corrected chi connectivity index (χ4v) is 2.15. The average molecular weight is 316 g/mol. The van der Waals surface area contributed by atoms with E-state index in [1.807, 2.05) is 4.90 Å². The Labute approximate surface area is 116 Å². The summed E-state index contributed by atoms with van der Waals surface area (Å²) in [7, 11) is 0. The highest BCUT2D eigenvalue weighted by atomic mass is 79.9. The third-order valence-electron chi connectivity index (χ3n) is 2.83. The quantitative estimate of drug-likeness (QED) is 0.732. The van der Waals surface area contributed by atoms with Crippen molar-refractivity contribution in [3.63, 3.8) is 0 Å². The van der Waals surface area contributed by atoms with Crippen LogP contribution in [0.3, 0.4) is 0 Å². The Hall–Kier alpha value is -0.900. The van der Waals surface area contributed by atoms with Gasteiger partial charge in [-0.15, -0.1) is 0 Å². The van der Waals surface area contributed by atoms with Crippen molar-refractivity contribution < 1.29 is 9.18 Å². The van der Waals surface area contributed by atoms with Gasteiger partial charge in [0.25, 0.3) is 5.91 Å². The lowest BCUT2D eigenvalue weighted by Gasteiger charge is -2.21. The Balaban J connectivity index is 2.83. The standard InChI is InChI=1S/C14H19BrFNO/c1-3-4-8-17(9-7-15)14(18)12-5-6-13(16)11(2)10-12/h5-6,10H,3-4,7-9H2,1-2H3. The van der Waals surface area contributed by atoms with Gasteiger partial charge >= 0.3 is 0 Å². The van der Waals surface area contributed by atoms with Gasteiger partial charge in [-0.1, -0.05) is 29.3 Å². The number of benzene rings is 1. The lowest BCUT2D eigenvalue weighted by Crippen LogP contribution is -2.33. The summed E-state index contributed by atoms with van der Waals surface area (Å²) in [5.41, 5.74) is 1.07. The predicted octanol–water partition coefficient (Wildman–Crippen LogP) is 3.77. The second-order valence-corrected chi connectivity index (χ2v) is 5.09. The van der Waals surface area contributed by atoms with E-state index < -0.39 is 0 Å². The monoisotopic (exact) mass is 315 g/mol. The molecule has 4 heteroatoms. The van der Waals surface area contributed by atoms with Crippen LogP contribution in [0, 0.1) is 12.7 Å². The van der Waals surface area contributed by atoms with Crippen LogP contribution in [-0.2, 0) is 0 Å². The first-order valence-corrected chi connectivity index (χ1v) is 7.33. The lowest BCUT2D eigenvalue weighted by molar-refractivity contribution is 0.0764. The Morgan fingerprint density at radius 1 is 1.39 bits per heavy atom. The number of rotatable bonds is 6. The third kappa shape index (κ3) is 4.09. The zero-order valence-corrected chi connectivity index (χ0v) is 12.5. The van der Waals surface area contributed by atoms with Gasteiger partial charge in [0.2, 0.25) is 0 Å². The summed E-state index contributed by atoms with van der Waals surface area (Å²) in [5.74, 6) is -0.293. The van der Waals surface area contributed by atoms with Crippen LogP contribution in [0.15, 0.2) is 18.2 Å². The third-order valence-corrected chi connectivity index (χ3v) is 3.18. The molecule has 1 amide bonds. The van der Waals surface area contributed by atoms with Crippen molar-refractivity contribution in [2.24, 2.45) is 0 Å². The molecule has 1 aromatic rings. The predicted molar refractivity (Wildman–Crippen MR) is 75.7 cm³/mol. The highest BCUT2D eigenvalue weighted by Crippen LogP contribution is 2.12. The van der Waals surface area contributed by atoms with E-state index >= 15 is 0 Å². The van der Waals surface area contributed by atoms with Crippen LogP contribution in [0.1, 0.15) is 35.7 Å². The zero-order valence-electron chi connectivity index (χ0n) is 10.9. The molecular weight excluding hydrogens is 297 g/mol. The van der Waals surface area contributed by atoms with Gasteiger partial charge in [-0.05, 0) is 37.1 Å². The molecule has 0 spiro atoms. The highest BCUT2D eigenvalue weighted by Gasteiger charge is 2.15. The summed E-state index contributed by atoms with van der Waals surface area (Å²) in [6.07, 6.45) is 2.04. The zero-order chi connectivity index (χ0) is 13.5. The maximum Gasteiger partial charge on any atom is 0.253 e. The van der Waals surface area contributed by atoms with Crippen LogP contribution in [0.2, 0.25) is 0 Å². The highest BCUT2D eigenvalue weighted by molar-refractivity contribution is 9.09. The van der Waals surface area contributed by atoms with Crippen molar-refractivity contribution in [1.82, 2.24) is 4.90 Å². The number of alkyl halides is 1. The molecule has 0 N–H and O–H groups in total. The number of hydrogen-bond acceptors (Lipinski definition) is 1. The molecule has 1 aromatic carbocycles. The Morgan fingerprint density at radius 2 is 2.11 bits per heavy atom. The Kier molecular flexibility index (Phi) is 6.33. The van der Waals surface area contributed by atoms with E-state index in [0.29, 0.717) is 17.7 Å². The van der Waals surface area contributed by atoms with E-state index in [2.05, 4.69) is 22.9 Å². The molecule has 0 saturated heterocycles. The molecule has 0 radical (unpaired) electrons. The Bertz CT molecular complexity index is 409. The van der Waals surface area contributed by atoms with Crippen LogP contribution in [0.25, 0.3) is 0 Å². The van der Waals surface area contributed by atoms with Crippen LogP contribution in [-0.4, -0.2) is 29.2 Å². The molecular formula is C14H19BrFNO. The molecule has 0 unspecified atom stereocenters. The second kappa shape index (κ2) is 7.52. The number of aryl methyl sites for hydroxylation is 1. The van der Waals surface area contributed by atoms with Gasteiger partial charge < -0.3 is 4.90 Å². The van der Waals surface area contributed by atoms with Gasteiger partial charge in [0.1, 0.15) is 5.82 Å². The largest absolute Gasteiger partial charge is 0.338 e. The van der Waals surface area contributed by atoms with Crippen molar-refractivity contribution in [2.45, 2.75) is 26.7 Å². The molecule has 0 aliphatic heterocycles. The molecule has 2 nitrogen and oxygen atoms in total. The van der Waals surface area contributed by atoms with Crippen molar-refractivity contribution in [3.05, 3.63) is 35.1 Å². The van der Waals surface area contributed by atoms with Gasteiger partial charge in [-0.3, -0.25) is 4.79 Å². The summed E-state index contributed by atoms with van der Waals surface area (Å²) < 4.78 is 13.2. The Morgan fingerprint density at radius 3 is 2.67 bits per heavy atom. The minimum Gasteiger partial charge on any atom is -0.338 e. The summed E-state index contributed by atoms with van der Waals surface area (Å²) in [6, 6.07) is 4.53. The number of carbonyl (C=O) groups is 1. The van der Waals surface area contributed by atoms with E-state index in [1.165, 1.54) is 6.07 Å². The molecule has 0 atom stereocenters. The van der Waals surface area contributed by atoms with E-state index in [-0.39, 0.29) is 11.7 Å². The van der Waals surface area contributed by atoms with Gasteiger partial charge in [0.15, 0.2) is 0 Å². The average Bonchev–Trinajstić information content (AvgIpc) is 2.37. The number of amides is 1. The number of hydrogen-bond donors (Lipinski definition) is 0. The fraction of sp³-hybridized carbons (Fsp3) is 0.500. The first-order valence-electron chi connectivity index (χ1n) is 6.21. The molecule has 0 aliphatic carbocycles. The van der Waals surface area contributed by atoms with Crippen LogP contribution in [0.4, 0.5) is 4.39 Å².